The van der Waals surface area contributed by atoms with Crippen LogP contribution in [-0.2, 0) is 11.2 Å². The number of aryl methyl sites for hydroxylation is 1. The van der Waals surface area contributed by atoms with Crippen molar-refractivity contribution in [2.75, 3.05) is 0 Å². The number of halogens is 1. The molecule has 0 aliphatic carbocycles. The lowest BCUT2D eigenvalue weighted by Gasteiger charge is -2.05. The van der Waals surface area contributed by atoms with Gasteiger partial charge in [-0.15, -0.1) is 0 Å². The molecule has 0 unspecified atom stereocenters. The Morgan fingerprint density at radius 1 is 1.06 bits per heavy atom. The summed E-state index contributed by atoms with van der Waals surface area (Å²) in [7, 11) is 0. The third-order valence-electron chi connectivity index (χ3n) is 2.77. The maximum absolute atomic E-state index is 10.5. The van der Waals surface area contributed by atoms with Gasteiger partial charge in [0.2, 0.25) is 0 Å². The zero-order chi connectivity index (χ0) is 13.0. The van der Waals surface area contributed by atoms with Crippen LogP contribution in [0.1, 0.15) is 12.0 Å². The molecule has 0 saturated heterocycles. The summed E-state index contributed by atoms with van der Waals surface area (Å²) in [5, 5.41) is 8.64. The number of carboxylic acid groups (broad SMARTS) is 1. The Kier molecular flexibility index (Phi) is 4.15. The standard InChI is InChI=1S/C15H13BrO2/c16-14-4-2-1-3-13(14)12-8-5-11(6-9-12)7-10-15(17)18/h1-6,8-9H,7,10H2,(H,17,18). The quantitative estimate of drug-likeness (QED) is 0.922. The number of benzene rings is 2. The van der Waals surface area contributed by atoms with E-state index in [0.717, 1.165) is 21.2 Å². The van der Waals surface area contributed by atoms with Gasteiger partial charge in [0.15, 0.2) is 0 Å². The molecule has 0 aliphatic heterocycles. The molecule has 2 aromatic carbocycles. The monoisotopic (exact) mass is 304 g/mol. The molecule has 2 nitrogen and oxygen atoms in total. The summed E-state index contributed by atoms with van der Waals surface area (Å²) in [6.45, 7) is 0. The predicted molar refractivity (Wildman–Crippen MR) is 75.5 cm³/mol. The van der Waals surface area contributed by atoms with Crippen molar-refractivity contribution >= 4 is 21.9 Å². The summed E-state index contributed by atoms with van der Waals surface area (Å²) in [5.74, 6) is -0.759. The predicted octanol–water partition coefficient (Wildman–Crippen LogP) is 4.13. The van der Waals surface area contributed by atoms with E-state index in [1.54, 1.807) is 0 Å². The Morgan fingerprint density at radius 2 is 1.72 bits per heavy atom. The first kappa shape index (κ1) is 12.8. The van der Waals surface area contributed by atoms with Crippen LogP contribution in [0, 0.1) is 0 Å². The lowest BCUT2D eigenvalue weighted by Crippen LogP contribution is -1.97. The second kappa shape index (κ2) is 5.83. The average Bonchev–Trinajstić information content (AvgIpc) is 2.38. The maximum atomic E-state index is 10.5. The van der Waals surface area contributed by atoms with Gasteiger partial charge in [-0.3, -0.25) is 4.79 Å². The van der Waals surface area contributed by atoms with Gasteiger partial charge in [0, 0.05) is 10.9 Å². The Bertz CT molecular complexity index is 547. The molecule has 0 aliphatic rings. The van der Waals surface area contributed by atoms with Gasteiger partial charge in [0.25, 0.3) is 0 Å². The fourth-order valence-corrected chi connectivity index (χ4v) is 2.31. The van der Waals surface area contributed by atoms with E-state index in [9.17, 15) is 4.79 Å². The molecule has 0 spiro atoms. The highest BCUT2D eigenvalue weighted by Gasteiger charge is 2.03. The van der Waals surface area contributed by atoms with Crippen molar-refractivity contribution in [3.63, 3.8) is 0 Å². The van der Waals surface area contributed by atoms with Crippen LogP contribution in [0.5, 0.6) is 0 Å². The van der Waals surface area contributed by atoms with Crippen molar-refractivity contribution in [3.8, 4) is 11.1 Å². The summed E-state index contributed by atoms with van der Waals surface area (Å²) < 4.78 is 1.06. The van der Waals surface area contributed by atoms with Crippen molar-refractivity contribution < 1.29 is 9.90 Å². The minimum absolute atomic E-state index is 0.175. The van der Waals surface area contributed by atoms with Crippen LogP contribution in [0.4, 0.5) is 0 Å². The van der Waals surface area contributed by atoms with E-state index in [4.69, 9.17) is 5.11 Å². The molecule has 18 heavy (non-hydrogen) atoms. The molecular formula is C15H13BrO2. The van der Waals surface area contributed by atoms with Gasteiger partial charge in [0.1, 0.15) is 0 Å². The number of carboxylic acids is 1. The normalized spacial score (nSPS) is 10.3. The number of hydrogen-bond acceptors (Lipinski definition) is 1. The SMILES string of the molecule is O=C(O)CCc1ccc(-c2ccccc2Br)cc1. The molecule has 0 aromatic heterocycles. The van der Waals surface area contributed by atoms with E-state index in [-0.39, 0.29) is 6.42 Å². The zero-order valence-corrected chi connectivity index (χ0v) is 11.4. The first-order valence-corrected chi connectivity index (χ1v) is 6.52. The second-order valence-corrected chi connectivity index (χ2v) is 4.92. The maximum Gasteiger partial charge on any atom is 0.303 e. The molecule has 1 N–H and O–H groups in total. The van der Waals surface area contributed by atoms with Crippen LogP contribution in [0.2, 0.25) is 0 Å². The molecule has 2 rings (SSSR count). The lowest BCUT2D eigenvalue weighted by molar-refractivity contribution is -0.136. The highest BCUT2D eigenvalue weighted by Crippen LogP contribution is 2.28. The molecule has 0 fully saturated rings. The Balaban J connectivity index is 2.17. The van der Waals surface area contributed by atoms with Crippen molar-refractivity contribution in [2.45, 2.75) is 12.8 Å². The Morgan fingerprint density at radius 3 is 2.33 bits per heavy atom. The average molecular weight is 305 g/mol. The first-order valence-electron chi connectivity index (χ1n) is 5.72. The van der Waals surface area contributed by atoms with Gasteiger partial charge < -0.3 is 5.11 Å². The summed E-state index contributed by atoms with van der Waals surface area (Å²) in [5.41, 5.74) is 3.32. The molecule has 2 aromatic rings. The minimum Gasteiger partial charge on any atom is -0.481 e. The van der Waals surface area contributed by atoms with Gasteiger partial charge in [-0.2, -0.15) is 0 Å². The fraction of sp³-hybridized carbons (Fsp3) is 0.133. The van der Waals surface area contributed by atoms with Crippen LogP contribution in [-0.4, -0.2) is 11.1 Å². The van der Waals surface area contributed by atoms with Crippen LogP contribution in [0.25, 0.3) is 11.1 Å². The third-order valence-corrected chi connectivity index (χ3v) is 3.46. The molecular weight excluding hydrogens is 292 g/mol. The van der Waals surface area contributed by atoms with E-state index in [2.05, 4.69) is 22.0 Å². The van der Waals surface area contributed by atoms with Crippen LogP contribution in [0.3, 0.4) is 0 Å². The molecule has 0 amide bonds. The summed E-state index contributed by atoms with van der Waals surface area (Å²) in [6, 6.07) is 16.1. The van der Waals surface area contributed by atoms with Crippen molar-refractivity contribution in [3.05, 3.63) is 58.6 Å². The summed E-state index contributed by atoms with van der Waals surface area (Å²) >= 11 is 3.52. The molecule has 0 heterocycles. The van der Waals surface area contributed by atoms with E-state index >= 15 is 0 Å². The van der Waals surface area contributed by atoms with Gasteiger partial charge in [-0.05, 0) is 29.2 Å². The van der Waals surface area contributed by atoms with E-state index in [1.807, 2.05) is 42.5 Å². The van der Waals surface area contributed by atoms with E-state index in [0.29, 0.717) is 6.42 Å². The highest BCUT2D eigenvalue weighted by atomic mass is 79.9. The number of aliphatic carboxylic acids is 1. The van der Waals surface area contributed by atoms with Crippen molar-refractivity contribution in [1.82, 2.24) is 0 Å². The number of rotatable bonds is 4. The lowest BCUT2D eigenvalue weighted by atomic mass is 10.0. The minimum atomic E-state index is -0.759. The van der Waals surface area contributed by atoms with Gasteiger partial charge >= 0.3 is 5.97 Å². The van der Waals surface area contributed by atoms with Gasteiger partial charge in [0.05, 0.1) is 0 Å². The van der Waals surface area contributed by atoms with Crippen molar-refractivity contribution in [2.24, 2.45) is 0 Å². The zero-order valence-electron chi connectivity index (χ0n) is 9.77. The topological polar surface area (TPSA) is 37.3 Å². The molecule has 0 saturated carbocycles. The third kappa shape index (κ3) is 3.20. The molecule has 92 valence electrons. The largest absolute Gasteiger partial charge is 0.481 e. The molecule has 0 atom stereocenters. The van der Waals surface area contributed by atoms with Gasteiger partial charge in [-0.1, -0.05) is 58.4 Å². The van der Waals surface area contributed by atoms with Gasteiger partial charge in [-0.25, -0.2) is 0 Å². The number of carbonyl (C=O) groups is 1. The summed E-state index contributed by atoms with van der Waals surface area (Å²) in [6.07, 6.45) is 0.750. The first-order chi connectivity index (χ1) is 8.66. The highest BCUT2D eigenvalue weighted by molar-refractivity contribution is 9.10. The van der Waals surface area contributed by atoms with E-state index in [1.165, 1.54) is 0 Å². The smallest absolute Gasteiger partial charge is 0.303 e. The molecule has 0 bridgehead atoms. The molecule has 3 heteroatoms. The fourth-order valence-electron chi connectivity index (χ4n) is 1.80. The second-order valence-electron chi connectivity index (χ2n) is 4.07. The van der Waals surface area contributed by atoms with Crippen LogP contribution >= 0.6 is 15.9 Å². The Labute approximate surface area is 114 Å². The van der Waals surface area contributed by atoms with Crippen LogP contribution in [0.15, 0.2) is 53.0 Å². The summed E-state index contributed by atoms with van der Waals surface area (Å²) in [4.78, 5) is 10.5. The van der Waals surface area contributed by atoms with Crippen LogP contribution < -0.4 is 0 Å². The molecule has 0 radical (unpaired) electrons. The van der Waals surface area contributed by atoms with E-state index < -0.39 is 5.97 Å². The van der Waals surface area contributed by atoms with Crippen molar-refractivity contribution in [1.29, 1.82) is 0 Å². The Hall–Kier alpha value is -1.61. The number of hydrogen-bond donors (Lipinski definition) is 1.